The smallest absolute Gasteiger partial charge is 0.171 e. The lowest BCUT2D eigenvalue weighted by Crippen LogP contribution is -2.08. The minimum atomic E-state index is 0.165. The van der Waals surface area contributed by atoms with Crippen LogP contribution in [0, 0.1) is 0 Å². The first-order valence-corrected chi connectivity index (χ1v) is 7.26. The van der Waals surface area contributed by atoms with Crippen molar-refractivity contribution in [2.75, 3.05) is 0 Å². The number of hydrogen-bond donors (Lipinski definition) is 0. The summed E-state index contributed by atoms with van der Waals surface area (Å²) in [5.41, 5.74) is 4.33. The zero-order valence-electron chi connectivity index (χ0n) is 11.3. The van der Waals surface area contributed by atoms with Crippen LogP contribution < -0.4 is 4.74 Å². The van der Waals surface area contributed by atoms with Gasteiger partial charge >= 0.3 is 0 Å². The summed E-state index contributed by atoms with van der Waals surface area (Å²) in [4.78, 5) is 12.5. The van der Waals surface area contributed by atoms with E-state index in [0.29, 0.717) is 6.42 Å². The molecule has 0 unspecified atom stereocenters. The van der Waals surface area contributed by atoms with Crippen molar-refractivity contribution in [3.63, 3.8) is 0 Å². The van der Waals surface area contributed by atoms with Gasteiger partial charge in [0, 0.05) is 12.0 Å². The summed E-state index contributed by atoms with van der Waals surface area (Å²) in [7, 11) is 0. The zero-order chi connectivity index (χ0) is 13.5. The first-order valence-electron chi connectivity index (χ1n) is 7.26. The predicted molar refractivity (Wildman–Crippen MR) is 77.6 cm³/mol. The Morgan fingerprint density at radius 3 is 2.70 bits per heavy atom. The Hall–Kier alpha value is -2.09. The number of benzene rings is 2. The highest BCUT2D eigenvalue weighted by molar-refractivity contribution is 6.01. The van der Waals surface area contributed by atoms with Gasteiger partial charge in [-0.3, -0.25) is 4.79 Å². The van der Waals surface area contributed by atoms with Gasteiger partial charge in [0.05, 0.1) is 5.56 Å². The van der Waals surface area contributed by atoms with E-state index in [9.17, 15) is 4.79 Å². The molecule has 1 aliphatic heterocycles. The van der Waals surface area contributed by atoms with Crippen molar-refractivity contribution in [1.29, 1.82) is 0 Å². The van der Waals surface area contributed by atoms with Crippen LogP contribution >= 0.6 is 0 Å². The quantitative estimate of drug-likeness (QED) is 0.716. The average Bonchev–Trinajstić information content (AvgIpc) is 2.63. The Morgan fingerprint density at radius 1 is 0.900 bits per heavy atom. The average molecular weight is 264 g/mol. The minimum Gasteiger partial charge on any atom is -0.456 e. The lowest BCUT2D eigenvalue weighted by Gasteiger charge is -2.20. The highest BCUT2D eigenvalue weighted by atomic mass is 16.5. The molecule has 2 aromatic carbocycles. The van der Waals surface area contributed by atoms with Gasteiger partial charge < -0.3 is 4.74 Å². The molecule has 0 bridgehead atoms. The Labute approximate surface area is 118 Å². The second-order valence-corrected chi connectivity index (χ2v) is 5.60. The topological polar surface area (TPSA) is 26.3 Å². The maximum atomic E-state index is 12.5. The SMILES string of the molecule is O=C1Cc2ccccc2Oc2c1ccc1c2CCCC1. The van der Waals surface area contributed by atoms with E-state index in [0.717, 1.165) is 35.5 Å². The van der Waals surface area contributed by atoms with Crippen molar-refractivity contribution in [2.24, 2.45) is 0 Å². The molecule has 0 saturated heterocycles. The second kappa shape index (κ2) is 4.48. The lowest BCUT2D eigenvalue weighted by molar-refractivity contribution is 0.0993. The number of carbonyl (C=O) groups is 1. The molecule has 1 heterocycles. The van der Waals surface area contributed by atoms with Crippen LogP contribution in [0.5, 0.6) is 11.5 Å². The molecule has 0 fully saturated rings. The first-order chi connectivity index (χ1) is 9.83. The summed E-state index contributed by atoms with van der Waals surface area (Å²) in [6.45, 7) is 0. The monoisotopic (exact) mass is 264 g/mol. The van der Waals surface area contributed by atoms with Crippen molar-refractivity contribution in [2.45, 2.75) is 32.1 Å². The van der Waals surface area contributed by atoms with Gasteiger partial charge in [0.1, 0.15) is 11.5 Å². The van der Waals surface area contributed by atoms with Crippen molar-refractivity contribution in [3.05, 3.63) is 58.7 Å². The largest absolute Gasteiger partial charge is 0.456 e. The van der Waals surface area contributed by atoms with E-state index in [1.165, 1.54) is 24.0 Å². The van der Waals surface area contributed by atoms with Crippen molar-refractivity contribution >= 4 is 5.78 Å². The van der Waals surface area contributed by atoms with Crippen LogP contribution in [0.4, 0.5) is 0 Å². The highest BCUT2D eigenvalue weighted by Crippen LogP contribution is 2.39. The molecule has 2 heteroatoms. The Kier molecular flexibility index (Phi) is 2.62. The Morgan fingerprint density at radius 2 is 1.75 bits per heavy atom. The van der Waals surface area contributed by atoms with Crippen LogP contribution in [-0.2, 0) is 19.3 Å². The fourth-order valence-electron chi connectivity index (χ4n) is 3.26. The zero-order valence-corrected chi connectivity index (χ0v) is 11.3. The van der Waals surface area contributed by atoms with Crippen molar-refractivity contribution < 1.29 is 9.53 Å². The van der Waals surface area contributed by atoms with Gasteiger partial charge in [-0.1, -0.05) is 24.3 Å². The number of aryl methyl sites for hydroxylation is 1. The van der Waals surface area contributed by atoms with Crippen molar-refractivity contribution in [1.82, 2.24) is 0 Å². The molecule has 0 spiro atoms. The lowest BCUT2D eigenvalue weighted by atomic mass is 9.88. The third-order valence-electron chi connectivity index (χ3n) is 4.32. The van der Waals surface area contributed by atoms with Crippen LogP contribution in [-0.4, -0.2) is 5.78 Å². The molecule has 1 aliphatic carbocycles. The van der Waals surface area contributed by atoms with E-state index >= 15 is 0 Å². The van der Waals surface area contributed by atoms with E-state index in [-0.39, 0.29) is 5.78 Å². The fourth-order valence-corrected chi connectivity index (χ4v) is 3.26. The van der Waals surface area contributed by atoms with Gasteiger partial charge in [-0.15, -0.1) is 0 Å². The molecule has 0 amide bonds. The number of carbonyl (C=O) groups excluding carboxylic acids is 1. The number of para-hydroxylation sites is 1. The number of Topliss-reactive ketones (excluding diaryl/α,β-unsaturated/α-hetero) is 1. The number of ether oxygens (including phenoxy) is 1. The van der Waals surface area contributed by atoms with E-state index < -0.39 is 0 Å². The number of hydrogen-bond acceptors (Lipinski definition) is 2. The van der Waals surface area contributed by atoms with Gasteiger partial charge in [-0.25, -0.2) is 0 Å². The Balaban J connectivity index is 1.93. The van der Waals surface area contributed by atoms with Crippen LogP contribution in [0.3, 0.4) is 0 Å². The van der Waals surface area contributed by atoms with Gasteiger partial charge in [0.25, 0.3) is 0 Å². The fraction of sp³-hybridized carbons (Fsp3) is 0.278. The summed E-state index contributed by atoms with van der Waals surface area (Å²) in [5, 5.41) is 0. The van der Waals surface area contributed by atoms with Crippen LogP contribution in [0.1, 0.15) is 39.9 Å². The van der Waals surface area contributed by atoms with E-state index in [2.05, 4.69) is 6.07 Å². The highest BCUT2D eigenvalue weighted by Gasteiger charge is 2.25. The molecule has 4 rings (SSSR count). The van der Waals surface area contributed by atoms with Gasteiger partial charge in [-0.05, 0) is 48.9 Å². The first kappa shape index (κ1) is 11.7. The summed E-state index contributed by atoms with van der Waals surface area (Å²) in [6, 6.07) is 11.9. The molecular weight excluding hydrogens is 248 g/mol. The van der Waals surface area contributed by atoms with Gasteiger partial charge in [0.15, 0.2) is 5.78 Å². The van der Waals surface area contributed by atoms with Gasteiger partial charge in [-0.2, -0.15) is 0 Å². The summed E-state index contributed by atoms with van der Waals surface area (Å²) >= 11 is 0. The normalized spacial score (nSPS) is 16.5. The third kappa shape index (κ3) is 1.75. The maximum Gasteiger partial charge on any atom is 0.171 e. The van der Waals surface area contributed by atoms with Crippen LogP contribution in [0.2, 0.25) is 0 Å². The maximum absolute atomic E-state index is 12.5. The third-order valence-corrected chi connectivity index (χ3v) is 4.32. The molecule has 2 aromatic rings. The molecule has 0 saturated carbocycles. The molecule has 2 aliphatic rings. The molecular formula is C18H16O2. The second-order valence-electron chi connectivity index (χ2n) is 5.60. The standard InChI is InChI=1S/C18H16O2/c19-16-11-13-6-2-4-8-17(13)20-18-14-7-3-1-5-12(14)9-10-15(16)18/h2,4,6,8-10H,1,3,5,7,11H2. The summed E-state index contributed by atoms with van der Waals surface area (Å²) in [5.74, 6) is 1.81. The van der Waals surface area contributed by atoms with Crippen LogP contribution in [0.15, 0.2) is 36.4 Å². The molecule has 2 nitrogen and oxygen atoms in total. The molecule has 0 N–H and O–H groups in total. The molecule has 0 aromatic heterocycles. The van der Waals surface area contributed by atoms with E-state index in [4.69, 9.17) is 4.74 Å². The van der Waals surface area contributed by atoms with E-state index in [1.807, 2.05) is 30.3 Å². The molecule has 20 heavy (non-hydrogen) atoms. The molecule has 0 radical (unpaired) electrons. The Bertz CT molecular complexity index is 701. The summed E-state index contributed by atoms with van der Waals surface area (Å²) in [6.07, 6.45) is 4.97. The van der Waals surface area contributed by atoms with E-state index in [1.54, 1.807) is 0 Å². The van der Waals surface area contributed by atoms with Gasteiger partial charge in [0.2, 0.25) is 0 Å². The number of rotatable bonds is 0. The summed E-state index contributed by atoms with van der Waals surface area (Å²) < 4.78 is 6.15. The van der Waals surface area contributed by atoms with Crippen molar-refractivity contribution in [3.8, 4) is 11.5 Å². The molecule has 100 valence electrons. The van der Waals surface area contributed by atoms with Crippen LogP contribution in [0.25, 0.3) is 0 Å². The predicted octanol–water partition coefficient (Wildman–Crippen LogP) is 4.10. The minimum absolute atomic E-state index is 0.165. The molecule has 0 atom stereocenters. The number of fused-ring (bicyclic) bond motifs is 4. The number of ketones is 1.